The molecular formula is C27H49N6O3+. The number of aromatic nitrogens is 1. The van der Waals surface area contributed by atoms with Gasteiger partial charge in [0.1, 0.15) is 5.75 Å². The van der Waals surface area contributed by atoms with Gasteiger partial charge in [0.15, 0.2) is 0 Å². The van der Waals surface area contributed by atoms with Gasteiger partial charge in [0, 0.05) is 36.7 Å². The number of nitrogens with one attached hydrogen (secondary N) is 4. The molecule has 2 rings (SSSR count). The second-order valence-corrected chi connectivity index (χ2v) is 10.6. The summed E-state index contributed by atoms with van der Waals surface area (Å²) in [6.45, 7) is 6.89. The molecule has 0 saturated heterocycles. The van der Waals surface area contributed by atoms with Crippen LogP contribution in [-0.4, -0.2) is 104 Å². The van der Waals surface area contributed by atoms with Crippen molar-refractivity contribution in [2.75, 3.05) is 73.5 Å². The Morgan fingerprint density at radius 3 is 2.31 bits per heavy atom. The Bertz CT molecular complexity index is 880. The number of fused-ring (bicyclic) bond motifs is 1. The molecule has 6 N–H and O–H groups in total. The fourth-order valence-electron chi connectivity index (χ4n) is 4.20. The number of aromatic hydroxyl groups is 1. The minimum absolute atomic E-state index is 0.0952. The van der Waals surface area contributed by atoms with Crippen LogP contribution in [0, 0.1) is 0 Å². The lowest BCUT2D eigenvalue weighted by Crippen LogP contribution is -2.35. The van der Waals surface area contributed by atoms with E-state index in [0.29, 0.717) is 31.4 Å². The Kier molecular flexibility index (Phi) is 13.8. The number of aromatic amines is 1. The molecule has 0 aliphatic heterocycles. The molecule has 0 saturated carbocycles. The lowest BCUT2D eigenvalue weighted by Gasteiger charge is -2.23. The van der Waals surface area contributed by atoms with E-state index in [1.54, 1.807) is 18.3 Å². The molecule has 1 aromatic carbocycles. The predicted molar refractivity (Wildman–Crippen MR) is 146 cm³/mol. The summed E-state index contributed by atoms with van der Waals surface area (Å²) >= 11 is 0. The smallest absolute Gasteiger partial charge is 0.224 e. The van der Waals surface area contributed by atoms with Crippen LogP contribution in [0.4, 0.5) is 0 Å². The molecule has 0 atom stereocenters. The second kappa shape index (κ2) is 16.6. The topological polar surface area (TPSA) is 113 Å². The number of carbonyl (C=O) groups is 1. The van der Waals surface area contributed by atoms with Crippen molar-refractivity contribution >= 4 is 16.8 Å². The highest BCUT2D eigenvalue weighted by molar-refractivity contribution is 5.92. The third kappa shape index (κ3) is 12.7. The summed E-state index contributed by atoms with van der Waals surface area (Å²) in [6, 6.07) is 5.26. The molecule has 0 bridgehead atoms. The van der Waals surface area contributed by atoms with Crippen LogP contribution in [0.25, 0.3) is 10.9 Å². The number of hydrogen-bond donors (Lipinski definition) is 6. The van der Waals surface area contributed by atoms with Crippen molar-refractivity contribution in [1.82, 2.24) is 26.0 Å². The molecule has 0 aliphatic rings. The maximum Gasteiger partial charge on any atom is 0.224 e. The summed E-state index contributed by atoms with van der Waals surface area (Å²) in [5.41, 5.74) is 1.59. The molecule has 0 radical (unpaired) electrons. The van der Waals surface area contributed by atoms with Crippen LogP contribution >= 0.6 is 0 Å². The van der Waals surface area contributed by atoms with E-state index in [0.717, 1.165) is 54.6 Å². The van der Waals surface area contributed by atoms with Crippen LogP contribution in [0.15, 0.2) is 24.4 Å². The Morgan fingerprint density at radius 2 is 1.58 bits per heavy atom. The standard InChI is InChI=1S/C27H48N6O3/c1-33(2,3)20-6-4-5-13-28-14-8-15-29-16-9-18-32(36)19-10-17-30-26(35)21-23-22-31-24-11-7-12-25(34)27(23)24/h7,11-12,22,28-29,31,36H,4-6,8-10,13-21H2,1-3H3,(H-,30,34,35)/p+1. The first-order valence-corrected chi connectivity index (χ1v) is 13.5. The number of amides is 1. The van der Waals surface area contributed by atoms with Gasteiger partial charge in [0.25, 0.3) is 0 Å². The van der Waals surface area contributed by atoms with E-state index in [1.165, 1.54) is 30.9 Å². The van der Waals surface area contributed by atoms with E-state index in [9.17, 15) is 15.1 Å². The van der Waals surface area contributed by atoms with Crippen molar-refractivity contribution < 1.29 is 19.6 Å². The zero-order valence-electron chi connectivity index (χ0n) is 22.6. The lowest BCUT2D eigenvalue weighted by atomic mass is 10.1. The van der Waals surface area contributed by atoms with E-state index in [1.807, 2.05) is 6.07 Å². The fraction of sp³-hybridized carbons (Fsp3) is 0.667. The normalized spacial score (nSPS) is 12.0. The van der Waals surface area contributed by atoms with Crippen LogP contribution in [0.5, 0.6) is 5.75 Å². The highest BCUT2D eigenvalue weighted by atomic mass is 16.5. The average molecular weight is 506 g/mol. The number of hydrogen-bond acceptors (Lipinski definition) is 6. The van der Waals surface area contributed by atoms with Crippen LogP contribution in [0.2, 0.25) is 0 Å². The number of phenolic OH excluding ortho intramolecular Hbond substituents is 1. The molecule has 1 aromatic heterocycles. The number of H-pyrrole nitrogens is 1. The quantitative estimate of drug-likeness (QED) is 0.0937. The highest BCUT2D eigenvalue weighted by Gasteiger charge is 2.11. The van der Waals surface area contributed by atoms with Crippen LogP contribution in [0.1, 0.15) is 44.1 Å². The molecule has 204 valence electrons. The van der Waals surface area contributed by atoms with E-state index in [-0.39, 0.29) is 18.1 Å². The first-order chi connectivity index (χ1) is 17.3. The number of hydroxylamine groups is 2. The Morgan fingerprint density at radius 1 is 0.917 bits per heavy atom. The highest BCUT2D eigenvalue weighted by Crippen LogP contribution is 2.27. The van der Waals surface area contributed by atoms with E-state index in [2.05, 4.69) is 42.1 Å². The molecule has 0 aliphatic carbocycles. The Hall–Kier alpha value is -2.17. The zero-order chi connectivity index (χ0) is 26.2. The molecule has 1 heterocycles. The molecule has 1 amide bonds. The number of nitrogens with zero attached hydrogens (tertiary/aromatic N) is 2. The summed E-state index contributed by atoms with van der Waals surface area (Å²) in [6.07, 6.45) is 8.47. The van der Waals surface area contributed by atoms with Gasteiger partial charge in [0.2, 0.25) is 5.91 Å². The van der Waals surface area contributed by atoms with Gasteiger partial charge in [-0.25, -0.2) is 0 Å². The van der Waals surface area contributed by atoms with Gasteiger partial charge >= 0.3 is 0 Å². The summed E-state index contributed by atoms with van der Waals surface area (Å²) < 4.78 is 1.05. The van der Waals surface area contributed by atoms with Crippen molar-refractivity contribution in [2.24, 2.45) is 0 Å². The van der Waals surface area contributed by atoms with Crippen molar-refractivity contribution in [3.8, 4) is 5.75 Å². The Balaban J connectivity index is 1.38. The van der Waals surface area contributed by atoms with Crippen molar-refractivity contribution in [3.05, 3.63) is 30.0 Å². The third-order valence-corrected chi connectivity index (χ3v) is 6.19. The zero-order valence-corrected chi connectivity index (χ0v) is 22.6. The van der Waals surface area contributed by atoms with Gasteiger partial charge in [-0.3, -0.25) is 4.79 Å². The minimum atomic E-state index is -0.0952. The summed E-state index contributed by atoms with van der Waals surface area (Å²) in [5, 5.41) is 31.9. The molecular weight excluding hydrogens is 456 g/mol. The molecule has 0 spiro atoms. The molecule has 0 fully saturated rings. The van der Waals surface area contributed by atoms with E-state index in [4.69, 9.17) is 0 Å². The average Bonchev–Trinajstić information content (AvgIpc) is 3.23. The molecule has 9 nitrogen and oxygen atoms in total. The van der Waals surface area contributed by atoms with Gasteiger partial charge < -0.3 is 35.7 Å². The molecule has 9 heteroatoms. The maximum atomic E-state index is 12.2. The number of benzene rings is 1. The van der Waals surface area contributed by atoms with Crippen molar-refractivity contribution in [2.45, 2.75) is 44.9 Å². The number of unbranched alkanes of at least 4 members (excludes halogenated alkanes) is 2. The minimum Gasteiger partial charge on any atom is -0.507 e. The number of rotatable bonds is 20. The first-order valence-electron chi connectivity index (χ1n) is 13.5. The monoisotopic (exact) mass is 505 g/mol. The van der Waals surface area contributed by atoms with Crippen LogP contribution < -0.4 is 16.0 Å². The molecule has 0 unspecified atom stereocenters. The van der Waals surface area contributed by atoms with Gasteiger partial charge in [-0.2, -0.15) is 5.06 Å². The second-order valence-electron chi connectivity index (χ2n) is 10.6. The summed E-state index contributed by atoms with van der Waals surface area (Å²) in [5.74, 6) is 0.0813. The lowest BCUT2D eigenvalue weighted by molar-refractivity contribution is -0.870. The number of phenols is 1. The summed E-state index contributed by atoms with van der Waals surface area (Å²) in [4.78, 5) is 15.3. The molecule has 36 heavy (non-hydrogen) atoms. The van der Waals surface area contributed by atoms with Crippen LogP contribution in [-0.2, 0) is 11.2 Å². The third-order valence-electron chi connectivity index (χ3n) is 6.19. The fourth-order valence-corrected chi connectivity index (χ4v) is 4.20. The Labute approximate surface area is 216 Å². The van der Waals surface area contributed by atoms with Crippen molar-refractivity contribution in [3.63, 3.8) is 0 Å². The van der Waals surface area contributed by atoms with Gasteiger partial charge in [-0.1, -0.05) is 6.07 Å². The van der Waals surface area contributed by atoms with Gasteiger partial charge in [-0.15, -0.1) is 0 Å². The summed E-state index contributed by atoms with van der Waals surface area (Å²) in [7, 11) is 6.73. The first kappa shape index (κ1) is 30.1. The van der Waals surface area contributed by atoms with E-state index >= 15 is 0 Å². The van der Waals surface area contributed by atoms with E-state index < -0.39 is 0 Å². The predicted octanol–water partition coefficient (Wildman–Crippen LogP) is 2.45. The van der Waals surface area contributed by atoms with Crippen molar-refractivity contribution in [1.29, 1.82) is 0 Å². The number of carbonyl (C=O) groups excluding carboxylic acids is 1. The molecule has 2 aromatic rings. The SMILES string of the molecule is C[N+](C)(C)CCCCCNCCCNCCCN(O)CCCNC(=O)Cc1c[nH]c2cccc(O)c12. The van der Waals surface area contributed by atoms with Gasteiger partial charge in [-0.05, 0) is 82.4 Å². The largest absolute Gasteiger partial charge is 0.507 e. The van der Waals surface area contributed by atoms with Crippen LogP contribution in [0.3, 0.4) is 0 Å². The number of quaternary nitrogens is 1. The van der Waals surface area contributed by atoms with Gasteiger partial charge in [0.05, 0.1) is 34.1 Å². The maximum absolute atomic E-state index is 12.2.